The number of carbonyl (C=O) groups excluding carboxylic acids is 1. The van der Waals surface area contributed by atoms with Crippen molar-refractivity contribution in [3.8, 4) is 5.75 Å². The standard InChI is InChI=1S/C27H20N2O13S4.3Na/c30-25-14-23(46(38,39)40)12-18-11-22(45(35,36)37)13-24(26(18)25)28-27(31)15-1-5-19(6-2-15)29-44(33,34)21-8-4-16-9-20(43-42-41-32)7-3-17(16)10-21;;;/h1-14,29-30,32H,(H,28,31)(H,35,36,37)(H,38,39,40);;;/q;3*+1/p-3. The number of fused-ring (bicyclic) bond motifs is 2. The van der Waals surface area contributed by atoms with Crippen molar-refractivity contribution in [2.45, 2.75) is 19.6 Å². The van der Waals surface area contributed by atoms with Crippen LogP contribution in [0.15, 0.2) is 105 Å². The minimum absolute atomic E-state index is 0. The fraction of sp³-hybridized carbons (Fsp3) is 0. The zero-order valence-electron chi connectivity index (χ0n) is 25.6. The van der Waals surface area contributed by atoms with E-state index in [9.17, 15) is 49.5 Å². The van der Waals surface area contributed by atoms with Crippen molar-refractivity contribution in [2.24, 2.45) is 0 Å². The van der Waals surface area contributed by atoms with Gasteiger partial charge in [0, 0.05) is 21.5 Å². The van der Waals surface area contributed by atoms with Crippen molar-refractivity contribution in [1.82, 2.24) is 0 Å². The summed E-state index contributed by atoms with van der Waals surface area (Å²) in [5.41, 5.74) is -0.371. The van der Waals surface area contributed by atoms with Gasteiger partial charge in [0.2, 0.25) is 0 Å². The van der Waals surface area contributed by atoms with E-state index in [0.29, 0.717) is 33.8 Å². The van der Waals surface area contributed by atoms with Gasteiger partial charge in [-0.2, -0.15) is 4.33 Å². The Balaban J connectivity index is 0.00000278. The Morgan fingerprint density at radius 3 is 1.84 bits per heavy atom. The van der Waals surface area contributed by atoms with E-state index in [1.54, 1.807) is 24.3 Å². The van der Waals surface area contributed by atoms with Gasteiger partial charge in [-0.3, -0.25) is 14.6 Å². The molecule has 240 valence electrons. The van der Waals surface area contributed by atoms with E-state index in [2.05, 4.69) is 19.4 Å². The number of rotatable bonds is 10. The van der Waals surface area contributed by atoms with Crippen molar-refractivity contribution in [2.75, 3.05) is 10.0 Å². The molecule has 0 fully saturated rings. The minimum atomic E-state index is -5.14. The van der Waals surface area contributed by atoms with Crippen LogP contribution in [0.2, 0.25) is 0 Å². The van der Waals surface area contributed by atoms with Crippen molar-refractivity contribution >= 4 is 81.1 Å². The van der Waals surface area contributed by atoms with E-state index in [1.165, 1.54) is 36.4 Å². The van der Waals surface area contributed by atoms with Crippen LogP contribution in [-0.4, -0.2) is 45.4 Å². The van der Waals surface area contributed by atoms with Gasteiger partial charge in [-0.1, -0.05) is 12.1 Å². The van der Waals surface area contributed by atoms with Crippen LogP contribution in [0.1, 0.15) is 10.4 Å². The molecule has 5 rings (SSSR count). The molecule has 22 heteroatoms. The monoisotopic (exact) mass is 774 g/mol. The first-order valence-electron chi connectivity index (χ1n) is 12.4. The van der Waals surface area contributed by atoms with E-state index in [0.717, 1.165) is 18.2 Å². The van der Waals surface area contributed by atoms with Gasteiger partial charge < -0.3 is 24.8 Å². The minimum Gasteiger partial charge on any atom is -0.744 e. The van der Waals surface area contributed by atoms with E-state index >= 15 is 0 Å². The van der Waals surface area contributed by atoms with Gasteiger partial charge in [-0.15, -0.1) is 0 Å². The van der Waals surface area contributed by atoms with E-state index < -0.39 is 51.7 Å². The molecule has 0 radical (unpaired) electrons. The molecular weight excluding hydrogens is 758 g/mol. The van der Waals surface area contributed by atoms with Gasteiger partial charge in [-0.25, -0.2) is 25.3 Å². The van der Waals surface area contributed by atoms with Crippen LogP contribution in [-0.2, 0) is 39.6 Å². The summed E-state index contributed by atoms with van der Waals surface area (Å²) in [6.07, 6.45) is 0. The summed E-state index contributed by atoms with van der Waals surface area (Å²) < 4.78 is 102. The molecule has 0 aliphatic rings. The first-order chi connectivity index (χ1) is 21.5. The smallest absolute Gasteiger partial charge is 0.744 e. The zero-order chi connectivity index (χ0) is 33.4. The molecule has 1 amide bonds. The Bertz CT molecular complexity index is 2360. The summed E-state index contributed by atoms with van der Waals surface area (Å²) in [7, 11) is -14.3. The largest absolute Gasteiger partial charge is 1.00 e. The molecule has 0 heterocycles. The number of hydrogen-bond donors (Lipinski definition) is 3. The Labute approximate surface area is 350 Å². The Morgan fingerprint density at radius 2 is 1.24 bits per heavy atom. The third-order valence-corrected chi connectivity index (χ3v) is 10.0. The number of anilines is 2. The van der Waals surface area contributed by atoms with Gasteiger partial charge in [-0.05, 0) is 89.0 Å². The molecule has 0 atom stereocenters. The number of hydrogen-bond acceptors (Lipinski definition) is 14. The summed E-state index contributed by atoms with van der Waals surface area (Å²) in [4.78, 5) is 11.7. The molecule has 15 nitrogen and oxygen atoms in total. The summed E-state index contributed by atoms with van der Waals surface area (Å²) in [5, 5.41) is 26.8. The molecule has 5 aromatic carbocycles. The molecular formula is C27H17N2Na3O13S4. The van der Waals surface area contributed by atoms with Crippen LogP contribution < -0.4 is 104 Å². The maximum atomic E-state index is 13.0. The van der Waals surface area contributed by atoms with Crippen LogP contribution in [0.5, 0.6) is 5.75 Å². The second-order valence-corrected chi connectivity index (χ2v) is 14.7. The third kappa shape index (κ3) is 10.6. The Morgan fingerprint density at radius 1 is 0.694 bits per heavy atom. The van der Waals surface area contributed by atoms with Crippen molar-refractivity contribution in [3.63, 3.8) is 0 Å². The average molecular weight is 775 g/mol. The number of amides is 1. The third-order valence-electron chi connectivity index (χ3n) is 6.45. The number of nitrogens with one attached hydrogen (secondary N) is 2. The number of carbonyl (C=O) groups is 1. The maximum absolute atomic E-state index is 13.0. The molecule has 0 aromatic heterocycles. The number of phenols is 1. The topological polar surface area (TPSA) is 251 Å². The van der Waals surface area contributed by atoms with E-state index in [4.69, 9.17) is 0 Å². The summed E-state index contributed by atoms with van der Waals surface area (Å²) in [6.45, 7) is 0. The predicted molar refractivity (Wildman–Crippen MR) is 159 cm³/mol. The summed E-state index contributed by atoms with van der Waals surface area (Å²) in [6, 6.07) is 17.1. The van der Waals surface area contributed by atoms with E-state index in [1.807, 2.05) is 0 Å². The molecule has 0 spiro atoms. The van der Waals surface area contributed by atoms with Gasteiger partial charge >= 0.3 is 88.7 Å². The van der Waals surface area contributed by atoms with Gasteiger partial charge in [0.1, 0.15) is 26.0 Å². The van der Waals surface area contributed by atoms with Crippen LogP contribution in [0.25, 0.3) is 21.5 Å². The normalized spacial score (nSPS) is 11.6. The maximum Gasteiger partial charge on any atom is 1.00 e. The van der Waals surface area contributed by atoms with Gasteiger partial charge in [0.05, 0.1) is 32.4 Å². The molecule has 49 heavy (non-hydrogen) atoms. The zero-order valence-corrected chi connectivity index (χ0v) is 34.8. The number of aromatic hydroxyl groups is 1. The van der Waals surface area contributed by atoms with Crippen LogP contribution in [0.4, 0.5) is 11.4 Å². The second kappa shape index (κ2) is 17.5. The molecule has 5 aromatic rings. The fourth-order valence-electron chi connectivity index (χ4n) is 4.40. The average Bonchev–Trinajstić information content (AvgIpc) is 2.98. The van der Waals surface area contributed by atoms with Crippen molar-refractivity contribution in [3.05, 3.63) is 90.5 Å². The Kier molecular flexibility index (Phi) is 15.6. The molecule has 0 saturated carbocycles. The first-order valence-corrected chi connectivity index (χ1v) is 17.4. The van der Waals surface area contributed by atoms with Crippen LogP contribution >= 0.6 is 12.0 Å². The molecule has 3 N–H and O–H groups in total. The molecule has 0 bridgehead atoms. The Hall–Kier alpha value is -1.31. The van der Waals surface area contributed by atoms with Crippen LogP contribution in [0.3, 0.4) is 0 Å². The van der Waals surface area contributed by atoms with Gasteiger partial charge in [0.15, 0.2) is 0 Å². The summed E-state index contributed by atoms with van der Waals surface area (Å²) in [5.74, 6) is -1.67. The predicted octanol–water partition coefficient (Wildman–Crippen LogP) is -6.20. The molecule has 0 saturated heterocycles. The number of sulfonamides is 1. The SMILES string of the molecule is O=C(Nc1cc(S(=O)(=O)[O-])cc2cc(S(=O)(=O)[O-])cc(O)c12)c1ccc(NS(=O)(=O)c2ccc3cc(SOO[O-])ccc3c2)cc1.[Na+].[Na+].[Na+]. The van der Waals surface area contributed by atoms with Crippen molar-refractivity contribution in [1.29, 1.82) is 0 Å². The number of phenolic OH excluding ortho intramolecular Hbond substituents is 1. The first kappa shape index (κ1) is 43.9. The van der Waals surface area contributed by atoms with Gasteiger partial charge in [0.25, 0.3) is 15.9 Å². The summed E-state index contributed by atoms with van der Waals surface area (Å²) >= 11 is 0.682. The quantitative estimate of drug-likeness (QED) is 0.0393. The van der Waals surface area contributed by atoms with E-state index in [-0.39, 0.29) is 121 Å². The fourth-order valence-corrected chi connectivity index (χ4v) is 6.96. The second-order valence-electron chi connectivity index (χ2n) is 9.45. The van der Waals surface area contributed by atoms with Crippen molar-refractivity contribution < 1.29 is 148 Å². The van der Waals surface area contributed by atoms with Crippen LogP contribution in [0, 0.1) is 0 Å². The number of benzene rings is 5. The molecule has 0 aliphatic heterocycles. The molecule has 0 aliphatic carbocycles. The molecule has 0 unspecified atom stereocenters.